The molecule has 0 saturated carbocycles. The lowest BCUT2D eigenvalue weighted by atomic mass is 10.1. The van der Waals surface area contributed by atoms with Crippen molar-refractivity contribution in [2.24, 2.45) is 0 Å². The van der Waals surface area contributed by atoms with Gasteiger partial charge in [0.05, 0.1) is 16.8 Å². The van der Waals surface area contributed by atoms with Crippen LogP contribution in [0.4, 0.5) is 13.2 Å². The third-order valence-corrected chi connectivity index (χ3v) is 5.16. The number of alkyl halides is 3. The Labute approximate surface area is 196 Å². The molecule has 3 aromatic carbocycles. The average molecular weight is 480 g/mol. The minimum absolute atomic E-state index is 0.0000367. The van der Waals surface area contributed by atoms with Gasteiger partial charge in [-0.2, -0.15) is 0 Å². The summed E-state index contributed by atoms with van der Waals surface area (Å²) in [5.74, 6) is -0.945. The Morgan fingerprint density at radius 2 is 1.46 bits per heavy atom. The molecule has 1 aromatic heterocycles. The molecule has 0 N–H and O–H groups in total. The fourth-order valence-electron chi connectivity index (χ4n) is 3.49. The Bertz CT molecular complexity index is 1360. The molecule has 11 heteroatoms. The van der Waals surface area contributed by atoms with Gasteiger partial charge in [0.25, 0.3) is 11.8 Å². The van der Waals surface area contributed by atoms with Crippen LogP contribution >= 0.6 is 0 Å². The molecule has 0 spiro atoms. The van der Waals surface area contributed by atoms with Crippen molar-refractivity contribution in [3.63, 3.8) is 0 Å². The van der Waals surface area contributed by atoms with Gasteiger partial charge in [-0.15, -0.1) is 23.3 Å². The summed E-state index contributed by atoms with van der Waals surface area (Å²) in [6.45, 7) is -0.0000367. The van der Waals surface area contributed by atoms with E-state index in [1.807, 2.05) is 0 Å². The average Bonchev–Trinajstić information content (AvgIpc) is 3.42. The van der Waals surface area contributed by atoms with Crippen molar-refractivity contribution in [1.29, 1.82) is 0 Å². The zero-order chi connectivity index (χ0) is 24.6. The first-order valence-electron chi connectivity index (χ1n) is 10.3. The highest BCUT2D eigenvalue weighted by molar-refractivity contribution is 6.20. The van der Waals surface area contributed by atoms with Crippen LogP contribution in [0.5, 0.6) is 5.75 Å². The molecule has 1 aliphatic rings. The second-order valence-electron chi connectivity index (χ2n) is 7.48. The summed E-state index contributed by atoms with van der Waals surface area (Å²) in [5, 5.41) is 5.11. The molecule has 0 aliphatic carbocycles. The number of halogens is 3. The van der Waals surface area contributed by atoms with Gasteiger partial charge in [0, 0.05) is 5.56 Å². The number of hydrogen-bond donors (Lipinski definition) is 0. The van der Waals surface area contributed by atoms with Crippen LogP contribution in [-0.2, 0) is 11.4 Å². The topological polar surface area (TPSA) is 86.6 Å². The van der Waals surface area contributed by atoms with Crippen LogP contribution in [0.3, 0.4) is 0 Å². The van der Waals surface area contributed by atoms with E-state index in [0.29, 0.717) is 33.8 Å². The van der Waals surface area contributed by atoms with E-state index in [0.717, 1.165) is 5.06 Å². The molecule has 0 bridgehead atoms. The summed E-state index contributed by atoms with van der Waals surface area (Å²) in [6.07, 6.45) is -3.32. The number of imide groups is 1. The van der Waals surface area contributed by atoms with E-state index in [-0.39, 0.29) is 12.4 Å². The maximum absolute atomic E-state index is 12.4. The lowest BCUT2D eigenvalue weighted by Crippen LogP contribution is -2.29. The van der Waals surface area contributed by atoms with Gasteiger partial charge >= 0.3 is 6.36 Å². The molecule has 2 amide bonds. The molecule has 0 unspecified atom stereocenters. The van der Waals surface area contributed by atoms with E-state index < -0.39 is 18.2 Å². The predicted octanol–water partition coefficient (Wildman–Crippen LogP) is 4.56. The summed E-state index contributed by atoms with van der Waals surface area (Å²) < 4.78 is 42.2. The molecular weight excluding hydrogens is 465 g/mol. The summed E-state index contributed by atoms with van der Waals surface area (Å²) in [5.41, 5.74) is 2.51. The number of amides is 2. The highest BCUT2D eigenvalue weighted by Gasteiger charge is 2.36. The smallest absolute Gasteiger partial charge is 0.406 e. The number of nitrogens with zero attached hydrogens (tertiary/aromatic N) is 4. The standard InChI is InChI=1S/C24H15F3N4O4/c25-24(26,27)35-18-11-9-17(10-12-18)30-14-28-21(29-30)16-7-5-15(6-8-16)13-34-31-22(32)19-3-1-2-4-20(19)23(31)33/h1-12,14H,13H2. The van der Waals surface area contributed by atoms with Crippen molar-refractivity contribution in [3.8, 4) is 22.8 Å². The molecule has 8 nitrogen and oxygen atoms in total. The fourth-order valence-corrected chi connectivity index (χ4v) is 3.49. The number of carbonyl (C=O) groups is 2. The van der Waals surface area contributed by atoms with Gasteiger partial charge in [0.2, 0.25) is 0 Å². The zero-order valence-electron chi connectivity index (χ0n) is 17.8. The van der Waals surface area contributed by atoms with Crippen molar-refractivity contribution in [1.82, 2.24) is 19.8 Å². The quantitative estimate of drug-likeness (QED) is 0.376. The van der Waals surface area contributed by atoms with E-state index in [1.54, 1.807) is 48.5 Å². The molecule has 35 heavy (non-hydrogen) atoms. The molecule has 5 rings (SSSR count). The molecule has 0 fully saturated rings. The highest BCUT2D eigenvalue weighted by Crippen LogP contribution is 2.25. The molecule has 4 aromatic rings. The number of hydrogen-bond acceptors (Lipinski definition) is 6. The second-order valence-corrected chi connectivity index (χ2v) is 7.48. The highest BCUT2D eigenvalue weighted by atomic mass is 19.4. The van der Waals surface area contributed by atoms with Crippen LogP contribution in [0.2, 0.25) is 0 Å². The van der Waals surface area contributed by atoms with E-state index in [9.17, 15) is 22.8 Å². The molecule has 2 heterocycles. The number of aromatic nitrogens is 3. The largest absolute Gasteiger partial charge is 0.573 e. The van der Waals surface area contributed by atoms with Gasteiger partial charge in [0.15, 0.2) is 5.82 Å². The van der Waals surface area contributed by atoms with E-state index >= 15 is 0 Å². The summed E-state index contributed by atoms with van der Waals surface area (Å²) >= 11 is 0. The third-order valence-electron chi connectivity index (χ3n) is 5.16. The van der Waals surface area contributed by atoms with E-state index in [1.165, 1.54) is 35.3 Å². The number of fused-ring (bicyclic) bond motifs is 1. The van der Waals surface area contributed by atoms with Gasteiger partial charge in [-0.25, -0.2) is 9.67 Å². The van der Waals surface area contributed by atoms with Crippen LogP contribution in [-0.4, -0.2) is 38.0 Å². The van der Waals surface area contributed by atoms with Crippen molar-refractivity contribution < 1.29 is 32.3 Å². The number of ether oxygens (including phenoxy) is 1. The Hall–Kier alpha value is -4.51. The van der Waals surface area contributed by atoms with Crippen molar-refractivity contribution >= 4 is 11.8 Å². The number of hydroxylamine groups is 2. The first kappa shape index (κ1) is 22.3. The maximum atomic E-state index is 12.4. The van der Waals surface area contributed by atoms with Gasteiger partial charge in [-0.1, -0.05) is 36.4 Å². The van der Waals surface area contributed by atoms with Crippen LogP contribution in [0.25, 0.3) is 17.1 Å². The molecular formula is C24H15F3N4O4. The van der Waals surface area contributed by atoms with E-state index in [4.69, 9.17) is 4.84 Å². The minimum Gasteiger partial charge on any atom is -0.406 e. The van der Waals surface area contributed by atoms with Crippen LogP contribution < -0.4 is 4.74 Å². The second kappa shape index (κ2) is 8.69. The van der Waals surface area contributed by atoms with Crippen LogP contribution in [0, 0.1) is 0 Å². The summed E-state index contributed by atoms with van der Waals surface area (Å²) in [6, 6.07) is 18.7. The molecule has 1 aliphatic heterocycles. The van der Waals surface area contributed by atoms with Gasteiger partial charge in [-0.05, 0) is 42.0 Å². The minimum atomic E-state index is -4.76. The SMILES string of the molecule is O=C1c2ccccc2C(=O)N1OCc1ccc(-c2ncn(-c3ccc(OC(F)(F)F)cc3)n2)cc1. The Morgan fingerprint density at radius 3 is 2.06 bits per heavy atom. The molecule has 176 valence electrons. The van der Waals surface area contributed by atoms with Gasteiger partial charge < -0.3 is 4.74 Å². The number of carbonyl (C=O) groups excluding carboxylic acids is 2. The van der Waals surface area contributed by atoms with Crippen molar-refractivity contribution in [3.05, 3.63) is 95.8 Å². The molecule has 0 saturated heterocycles. The third kappa shape index (κ3) is 4.62. The number of rotatable bonds is 6. The first-order chi connectivity index (χ1) is 16.8. The fraction of sp³-hybridized carbons (Fsp3) is 0.0833. The van der Waals surface area contributed by atoms with Crippen LogP contribution in [0.15, 0.2) is 79.1 Å². The van der Waals surface area contributed by atoms with Crippen molar-refractivity contribution in [2.45, 2.75) is 13.0 Å². The lowest BCUT2D eigenvalue weighted by molar-refractivity contribution is -0.274. The van der Waals surface area contributed by atoms with Crippen molar-refractivity contribution in [2.75, 3.05) is 0 Å². The first-order valence-corrected chi connectivity index (χ1v) is 10.3. The predicted molar refractivity (Wildman–Crippen MR) is 115 cm³/mol. The maximum Gasteiger partial charge on any atom is 0.573 e. The summed E-state index contributed by atoms with van der Waals surface area (Å²) in [4.78, 5) is 34.4. The Balaban J connectivity index is 1.23. The number of benzene rings is 3. The monoisotopic (exact) mass is 480 g/mol. The Morgan fingerprint density at radius 1 is 0.829 bits per heavy atom. The zero-order valence-corrected chi connectivity index (χ0v) is 17.8. The van der Waals surface area contributed by atoms with Gasteiger partial charge in [0.1, 0.15) is 18.7 Å². The Kier molecular flexibility index (Phi) is 5.53. The summed E-state index contributed by atoms with van der Waals surface area (Å²) in [7, 11) is 0. The normalized spacial score (nSPS) is 13.3. The van der Waals surface area contributed by atoms with Gasteiger partial charge in [-0.3, -0.25) is 14.4 Å². The van der Waals surface area contributed by atoms with Crippen LogP contribution in [0.1, 0.15) is 26.3 Å². The molecule has 0 atom stereocenters. The molecule has 0 radical (unpaired) electrons. The van der Waals surface area contributed by atoms with E-state index in [2.05, 4.69) is 14.8 Å². The lowest BCUT2D eigenvalue weighted by Gasteiger charge is -2.13.